The van der Waals surface area contributed by atoms with Crippen LogP contribution < -0.4 is 0 Å². The normalized spacial score (nSPS) is 18.3. The van der Waals surface area contributed by atoms with Crippen molar-refractivity contribution < 1.29 is 4.79 Å². The van der Waals surface area contributed by atoms with E-state index in [1.165, 1.54) is 0 Å². The number of para-hydroxylation sites is 2. The van der Waals surface area contributed by atoms with Gasteiger partial charge in [-0.25, -0.2) is 4.98 Å². The van der Waals surface area contributed by atoms with Gasteiger partial charge >= 0.3 is 0 Å². The Kier molecular flexibility index (Phi) is 3.78. The summed E-state index contributed by atoms with van der Waals surface area (Å²) in [6.07, 6.45) is 4.48. The third kappa shape index (κ3) is 2.35. The molecule has 0 bridgehead atoms. The van der Waals surface area contributed by atoms with Crippen molar-refractivity contribution in [1.29, 1.82) is 0 Å². The summed E-state index contributed by atoms with van der Waals surface area (Å²) in [7, 11) is 0. The predicted molar refractivity (Wildman–Crippen MR) is 83.9 cm³/mol. The Morgan fingerprint density at radius 2 is 2.29 bits per heavy atom. The summed E-state index contributed by atoms with van der Waals surface area (Å²) in [4.78, 5) is 18.9. The van der Waals surface area contributed by atoms with Crippen LogP contribution in [0.15, 0.2) is 36.9 Å². The van der Waals surface area contributed by atoms with Crippen molar-refractivity contribution in [2.24, 2.45) is 0 Å². The molecular weight excluding hydrogens is 262 g/mol. The smallest absolute Gasteiger partial charge is 0.222 e. The van der Waals surface area contributed by atoms with Crippen LogP contribution in [0, 0.1) is 0 Å². The van der Waals surface area contributed by atoms with Crippen molar-refractivity contribution in [3.8, 4) is 0 Å². The Morgan fingerprint density at radius 1 is 1.48 bits per heavy atom. The van der Waals surface area contributed by atoms with Gasteiger partial charge in [-0.3, -0.25) is 4.79 Å². The van der Waals surface area contributed by atoms with Gasteiger partial charge in [-0.05, 0) is 25.0 Å². The van der Waals surface area contributed by atoms with Crippen LogP contribution in [-0.4, -0.2) is 26.9 Å². The maximum Gasteiger partial charge on any atom is 0.222 e. The fourth-order valence-corrected chi connectivity index (χ4v) is 3.21. The van der Waals surface area contributed by atoms with Gasteiger partial charge in [0.25, 0.3) is 0 Å². The van der Waals surface area contributed by atoms with Gasteiger partial charge in [0.15, 0.2) is 0 Å². The molecule has 0 spiro atoms. The molecule has 4 nitrogen and oxygen atoms in total. The number of fused-ring (bicyclic) bond motifs is 1. The average molecular weight is 283 g/mol. The standard InChI is InChI=1S/C17H21N3O/c1-3-11-20-14-9-6-5-8-13(14)18-17(20)15-10-7-12-19(15)16(21)4-2/h3,5-6,8-9,15H,1,4,7,10-12H2,2H3. The van der Waals surface area contributed by atoms with Crippen LogP contribution in [0.4, 0.5) is 0 Å². The summed E-state index contributed by atoms with van der Waals surface area (Å²) in [6, 6.07) is 8.23. The van der Waals surface area contributed by atoms with Crippen LogP contribution in [0.3, 0.4) is 0 Å². The lowest BCUT2D eigenvalue weighted by Crippen LogP contribution is -2.31. The zero-order chi connectivity index (χ0) is 14.8. The first kappa shape index (κ1) is 13.9. The average Bonchev–Trinajstić information content (AvgIpc) is 3.11. The quantitative estimate of drug-likeness (QED) is 0.807. The number of hydrogen-bond acceptors (Lipinski definition) is 2. The largest absolute Gasteiger partial charge is 0.333 e. The number of aromatic nitrogens is 2. The molecular formula is C17H21N3O. The minimum atomic E-state index is 0.102. The number of hydrogen-bond donors (Lipinski definition) is 0. The molecule has 0 saturated carbocycles. The van der Waals surface area contributed by atoms with E-state index < -0.39 is 0 Å². The second-order valence-corrected chi connectivity index (χ2v) is 5.46. The highest BCUT2D eigenvalue weighted by Crippen LogP contribution is 2.33. The number of allylic oxidation sites excluding steroid dienone is 1. The topological polar surface area (TPSA) is 38.1 Å². The van der Waals surface area contributed by atoms with E-state index in [2.05, 4.69) is 17.2 Å². The number of benzene rings is 1. The number of nitrogens with zero attached hydrogens (tertiary/aromatic N) is 3. The molecule has 3 rings (SSSR count). The van der Waals surface area contributed by atoms with Crippen molar-refractivity contribution in [3.63, 3.8) is 0 Å². The van der Waals surface area contributed by atoms with Crippen molar-refractivity contribution >= 4 is 16.9 Å². The molecule has 4 heteroatoms. The number of likely N-dealkylation sites (tertiary alicyclic amines) is 1. The summed E-state index contributed by atoms with van der Waals surface area (Å²) < 4.78 is 2.19. The van der Waals surface area contributed by atoms with Gasteiger partial charge in [-0.1, -0.05) is 25.1 Å². The summed E-state index contributed by atoms with van der Waals surface area (Å²) in [5.41, 5.74) is 2.10. The molecule has 1 aromatic heterocycles. The number of imidazole rings is 1. The first-order valence-corrected chi connectivity index (χ1v) is 7.61. The van der Waals surface area contributed by atoms with Crippen LogP contribution in [0.1, 0.15) is 38.1 Å². The van der Waals surface area contributed by atoms with E-state index in [1.54, 1.807) is 0 Å². The maximum atomic E-state index is 12.2. The Bertz CT molecular complexity index is 674. The Labute approximate surface area is 125 Å². The second kappa shape index (κ2) is 5.72. The lowest BCUT2D eigenvalue weighted by molar-refractivity contribution is -0.131. The lowest BCUT2D eigenvalue weighted by Gasteiger charge is -2.24. The molecule has 1 fully saturated rings. The van der Waals surface area contributed by atoms with Gasteiger partial charge in [-0.2, -0.15) is 0 Å². The molecule has 110 valence electrons. The first-order chi connectivity index (χ1) is 10.3. The lowest BCUT2D eigenvalue weighted by atomic mass is 10.2. The highest BCUT2D eigenvalue weighted by molar-refractivity contribution is 5.78. The Morgan fingerprint density at radius 3 is 3.05 bits per heavy atom. The van der Waals surface area contributed by atoms with Crippen LogP contribution in [0.2, 0.25) is 0 Å². The molecule has 1 aliphatic rings. The van der Waals surface area contributed by atoms with Crippen LogP contribution in [-0.2, 0) is 11.3 Å². The second-order valence-electron chi connectivity index (χ2n) is 5.46. The fraction of sp³-hybridized carbons (Fsp3) is 0.412. The summed E-state index contributed by atoms with van der Waals surface area (Å²) in [6.45, 7) is 7.34. The summed E-state index contributed by atoms with van der Waals surface area (Å²) in [5, 5.41) is 0. The van der Waals surface area contributed by atoms with E-state index in [4.69, 9.17) is 4.98 Å². The van der Waals surface area contributed by atoms with Gasteiger partial charge in [-0.15, -0.1) is 6.58 Å². The minimum Gasteiger partial charge on any atom is -0.333 e. The van der Waals surface area contributed by atoms with Gasteiger partial charge in [0.1, 0.15) is 5.82 Å². The van der Waals surface area contributed by atoms with E-state index in [9.17, 15) is 4.79 Å². The molecule has 1 amide bonds. The molecule has 21 heavy (non-hydrogen) atoms. The molecule has 1 aromatic carbocycles. The maximum absolute atomic E-state index is 12.2. The van der Waals surface area contributed by atoms with Gasteiger partial charge < -0.3 is 9.47 Å². The zero-order valence-electron chi connectivity index (χ0n) is 12.5. The highest BCUT2D eigenvalue weighted by atomic mass is 16.2. The molecule has 1 unspecified atom stereocenters. The highest BCUT2D eigenvalue weighted by Gasteiger charge is 2.32. The van der Waals surface area contributed by atoms with Crippen molar-refractivity contribution in [2.75, 3.05) is 6.54 Å². The number of amides is 1. The minimum absolute atomic E-state index is 0.102. The van der Waals surface area contributed by atoms with Gasteiger partial charge in [0.05, 0.1) is 17.1 Å². The summed E-state index contributed by atoms with van der Waals surface area (Å²) >= 11 is 0. The third-order valence-electron chi connectivity index (χ3n) is 4.17. The Balaban J connectivity index is 2.08. The van der Waals surface area contributed by atoms with E-state index in [0.717, 1.165) is 42.8 Å². The van der Waals surface area contributed by atoms with Crippen LogP contribution in [0.5, 0.6) is 0 Å². The molecule has 0 aliphatic carbocycles. The Hall–Kier alpha value is -2.10. The number of carbonyl (C=O) groups is 1. The molecule has 2 aromatic rings. The fourth-order valence-electron chi connectivity index (χ4n) is 3.21. The van der Waals surface area contributed by atoms with E-state index in [1.807, 2.05) is 36.1 Å². The van der Waals surface area contributed by atoms with E-state index in [0.29, 0.717) is 6.42 Å². The molecule has 1 saturated heterocycles. The van der Waals surface area contributed by atoms with Gasteiger partial charge in [0.2, 0.25) is 5.91 Å². The number of carbonyl (C=O) groups excluding carboxylic acids is 1. The first-order valence-electron chi connectivity index (χ1n) is 7.61. The van der Waals surface area contributed by atoms with E-state index >= 15 is 0 Å². The van der Waals surface area contributed by atoms with Crippen molar-refractivity contribution in [2.45, 2.75) is 38.8 Å². The van der Waals surface area contributed by atoms with Gasteiger partial charge in [0, 0.05) is 19.5 Å². The molecule has 1 atom stereocenters. The molecule has 1 aliphatic heterocycles. The number of rotatable bonds is 4. The van der Waals surface area contributed by atoms with Crippen molar-refractivity contribution in [1.82, 2.24) is 14.5 Å². The SMILES string of the molecule is C=CCn1c(C2CCCN2C(=O)CC)nc2ccccc21. The third-order valence-corrected chi connectivity index (χ3v) is 4.17. The molecule has 0 radical (unpaired) electrons. The summed E-state index contributed by atoms with van der Waals surface area (Å²) in [5.74, 6) is 1.21. The van der Waals surface area contributed by atoms with Crippen LogP contribution in [0.25, 0.3) is 11.0 Å². The monoisotopic (exact) mass is 283 g/mol. The van der Waals surface area contributed by atoms with E-state index in [-0.39, 0.29) is 11.9 Å². The zero-order valence-corrected chi connectivity index (χ0v) is 12.5. The van der Waals surface area contributed by atoms with Crippen LogP contribution >= 0.6 is 0 Å². The molecule has 0 N–H and O–H groups in total. The predicted octanol–water partition coefficient (Wildman–Crippen LogP) is 3.30. The van der Waals surface area contributed by atoms with Crippen molar-refractivity contribution in [3.05, 3.63) is 42.7 Å². The molecule has 2 heterocycles.